The monoisotopic (exact) mass is 185 g/mol. The van der Waals surface area contributed by atoms with Crippen molar-refractivity contribution in [3.8, 4) is 17.5 Å². The van der Waals surface area contributed by atoms with Crippen molar-refractivity contribution in [1.29, 1.82) is 5.26 Å². The van der Waals surface area contributed by atoms with Gasteiger partial charge in [-0.25, -0.2) is 0 Å². The number of benzene rings is 1. The van der Waals surface area contributed by atoms with Crippen LogP contribution in [0.2, 0.25) is 0 Å². The number of aromatic nitrogens is 2. The summed E-state index contributed by atoms with van der Waals surface area (Å²) in [6.07, 6.45) is 0.153. The minimum atomic E-state index is 0.153. The molecule has 0 bridgehead atoms. The van der Waals surface area contributed by atoms with Crippen molar-refractivity contribution in [1.82, 2.24) is 10.1 Å². The van der Waals surface area contributed by atoms with Crippen molar-refractivity contribution in [2.24, 2.45) is 0 Å². The van der Waals surface area contributed by atoms with Crippen molar-refractivity contribution in [2.45, 2.75) is 6.42 Å². The number of nitriles is 1. The van der Waals surface area contributed by atoms with Crippen molar-refractivity contribution >= 4 is 0 Å². The smallest absolute Gasteiger partial charge is 0.241 e. The van der Waals surface area contributed by atoms with E-state index in [0.29, 0.717) is 11.7 Å². The molecule has 4 nitrogen and oxygen atoms in total. The summed E-state index contributed by atoms with van der Waals surface area (Å²) in [5.41, 5.74) is 0.889. The first-order valence-corrected chi connectivity index (χ1v) is 4.15. The largest absolute Gasteiger partial charge is 0.338 e. The number of nitrogens with zero attached hydrogens (tertiary/aromatic N) is 3. The van der Waals surface area contributed by atoms with Crippen LogP contribution in [-0.2, 0) is 6.42 Å². The van der Waals surface area contributed by atoms with E-state index in [0.717, 1.165) is 5.56 Å². The Morgan fingerprint density at radius 3 is 2.79 bits per heavy atom. The van der Waals surface area contributed by atoms with Gasteiger partial charge in [-0.15, -0.1) is 0 Å². The van der Waals surface area contributed by atoms with Gasteiger partial charge >= 0.3 is 0 Å². The predicted octanol–water partition coefficient (Wildman–Crippen LogP) is 1.80. The maximum atomic E-state index is 8.42. The Hall–Kier alpha value is -2.15. The molecular weight excluding hydrogens is 178 g/mol. The molecule has 14 heavy (non-hydrogen) atoms. The van der Waals surface area contributed by atoms with Gasteiger partial charge in [0.05, 0.1) is 6.07 Å². The van der Waals surface area contributed by atoms with Crippen LogP contribution in [0.15, 0.2) is 34.9 Å². The third kappa shape index (κ3) is 1.62. The van der Waals surface area contributed by atoms with Crippen LogP contribution in [0.25, 0.3) is 11.4 Å². The summed E-state index contributed by atoms with van der Waals surface area (Å²) in [5, 5.41) is 12.2. The maximum Gasteiger partial charge on any atom is 0.241 e. The Bertz CT molecular complexity index is 456. The second kappa shape index (κ2) is 3.71. The topological polar surface area (TPSA) is 62.7 Å². The third-order valence-corrected chi connectivity index (χ3v) is 1.73. The van der Waals surface area contributed by atoms with E-state index in [1.807, 2.05) is 36.4 Å². The first kappa shape index (κ1) is 8.45. The van der Waals surface area contributed by atoms with Crippen LogP contribution in [0, 0.1) is 11.3 Å². The Balaban J connectivity index is 2.31. The molecule has 1 aromatic heterocycles. The molecule has 0 aliphatic carbocycles. The summed E-state index contributed by atoms with van der Waals surface area (Å²) in [6, 6.07) is 11.4. The zero-order valence-corrected chi connectivity index (χ0v) is 7.34. The van der Waals surface area contributed by atoms with E-state index in [1.165, 1.54) is 0 Å². The van der Waals surface area contributed by atoms with E-state index in [9.17, 15) is 0 Å². The molecular formula is C10H7N3O. The zero-order chi connectivity index (χ0) is 9.80. The molecule has 2 rings (SSSR count). The molecule has 1 heterocycles. The lowest BCUT2D eigenvalue weighted by Gasteiger charge is -1.89. The minimum absolute atomic E-state index is 0.153. The van der Waals surface area contributed by atoms with Gasteiger partial charge in [0.1, 0.15) is 6.42 Å². The molecule has 0 spiro atoms. The fourth-order valence-corrected chi connectivity index (χ4v) is 1.10. The highest BCUT2D eigenvalue weighted by Crippen LogP contribution is 2.14. The first-order chi connectivity index (χ1) is 6.90. The van der Waals surface area contributed by atoms with Crippen LogP contribution in [-0.4, -0.2) is 10.1 Å². The lowest BCUT2D eigenvalue weighted by Crippen LogP contribution is -1.82. The average Bonchev–Trinajstić information content (AvgIpc) is 2.68. The van der Waals surface area contributed by atoms with Gasteiger partial charge in [0.25, 0.3) is 0 Å². The SMILES string of the molecule is N#CCc1nc(-c2ccccc2)no1. The molecule has 0 aliphatic rings. The van der Waals surface area contributed by atoms with Crippen molar-refractivity contribution in [3.05, 3.63) is 36.2 Å². The molecule has 0 unspecified atom stereocenters. The van der Waals surface area contributed by atoms with Crippen LogP contribution < -0.4 is 0 Å². The van der Waals surface area contributed by atoms with Crippen LogP contribution >= 0.6 is 0 Å². The predicted molar refractivity (Wildman–Crippen MR) is 49.1 cm³/mol. The lowest BCUT2D eigenvalue weighted by molar-refractivity contribution is 0.388. The fraction of sp³-hybridized carbons (Fsp3) is 0.100. The summed E-state index contributed by atoms with van der Waals surface area (Å²) < 4.78 is 4.88. The Labute approximate surface area is 80.8 Å². The molecule has 0 N–H and O–H groups in total. The number of rotatable bonds is 2. The zero-order valence-electron chi connectivity index (χ0n) is 7.34. The Kier molecular flexibility index (Phi) is 2.24. The number of hydrogen-bond acceptors (Lipinski definition) is 4. The van der Waals surface area contributed by atoms with Crippen molar-refractivity contribution in [2.75, 3.05) is 0 Å². The Morgan fingerprint density at radius 2 is 2.07 bits per heavy atom. The van der Waals surface area contributed by atoms with E-state index in [-0.39, 0.29) is 6.42 Å². The Morgan fingerprint density at radius 1 is 1.29 bits per heavy atom. The second-order valence-corrected chi connectivity index (χ2v) is 2.71. The molecule has 68 valence electrons. The highest BCUT2D eigenvalue weighted by atomic mass is 16.5. The van der Waals surface area contributed by atoms with Crippen molar-refractivity contribution < 1.29 is 4.52 Å². The van der Waals surface area contributed by atoms with Gasteiger partial charge in [0.2, 0.25) is 11.7 Å². The molecule has 2 aromatic rings. The van der Waals surface area contributed by atoms with Crippen LogP contribution in [0.5, 0.6) is 0 Å². The van der Waals surface area contributed by atoms with E-state index in [2.05, 4.69) is 10.1 Å². The first-order valence-electron chi connectivity index (χ1n) is 4.15. The molecule has 0 saturated heterocycles. The summed E-state index contributed by atoms with van der Waals surface area (Å²) in [7, 11) is 0. The molecule has 0 radical (unpaired) electrons. The molecule has 1 aromatic carbocycles. The molecule has 0 atom stereocenters. The molecule has 0 fully saturated rings. The highest BCUT2D eigenvalue weighted by Gasteiger charge is 2.06. The number of hydrogen-bond donors (Lipinski definition) is 0. The molecule has 0 saturated carbocycles. The van der Waals surface area contributed by atoms with Crippen LogP contribution in [0.3, 0.4) is 0 Å². The molecule has 0 aliphatic heterocycles. The molecule has 4 heteroatoms. The van der Waals surface area contributed by atoms with Gasteiger partial charge in [-0.1, -0.05) is 35.5 Å². The summed E-state index contributed by atoms with van der Waals surface area (Å²) in [4.78, 5) is 4.07. The van der Waals surface area contributed by atoms with E-state index in [4.69, 9.17) is 9.78 Å². The summed E-state index contributed by atoms with van der Waals surface area (Å²) in [6.45, 7) is 0. The summed E-state index contributed by atoms with van der Waals surface area (Å²) in [5.74, 6) is 0.877. The standard InChI is InChI=1S/C10H7N3O/c11-7-6-9-12-10(13-14-9)8-4-2-1-3-5-8/h1-5H,6H2. The molecule has 0 amide bonds. The van der Waals surface area contributed by atoms with Gasteiger partial charge in [-0.2, -0.15) is 10.2 Å². The fourth-order valence-electron chi connectivity index (χ4n) is 1.10. The van der Waals surface area contributed by atoms with Crippen molar-refractivity contribution in [3.63, 3.8) is 0 Å². The van der Waals surface area contributed by atoms with Gasteiger partial charge in [-0.05, 0) is 0 Å². The van der Waals surface area contributed by atoms with E-state index >= 15 is 0 Å². The lowest BCUT2D eigenvalue weighted by atomic mass is 10.2. The average molecular weight is 185 g/mol. The second-order valence-electron chi connectivity index (χ2n) is 2.71. The maximum absolute atomic E-state index is 8.42. The van der Waals surface area contributed by atoms with Crippen LogP contribution in [0.1, 0.15) is 5.89 Å². The quantitative estimate of drug-likeness (QED) is 0.715. The van der Waals surface area contributed by atoms with Gasteiger partial charge in [-0.3, -0.25) is 0 Å². The van der Waals surface area contributed by atoms with E-state index in [1.54, 1.807) is 0 Å². The summed E-state index contributed by atoms with van der Waals surface area (Å²) >= 11 is 0. The van der Waals surface area contributed by atoms with Crippen LogP contribution in [0.4, 0.5) is 0 Å². The third-order valence-electron chi connectivity index (χ3n) is 1.73. The van der Waals surface area contributed by atoms with Gasteiger partial charge in [0.15, 0.2) is 0 Å². The van der Waals surface area contributed by atoms with E-state index < -0.39 is 0 Å². The highest BCUT2D eigenvalue weighted by molar-refractivity contribution is 5.53. The minimum Gasteiger partial charge on any atom is -0.338 e. The normalized spacial score (nSPS) is 9.64. The van der Waals surface area contributed by atoms with Gasteiger partial charge in [0, 0.05) is 5.56 Å². The van der Waals surface area contributed by atoms with Gasteiger partial charge < -0.3 is 4.52 Å².